The summed E-state index contributed by atoms with van der Waals surface area (Å²) in [6, 6.07) is 0.542. The Morgan fingerprint density at radius 3 is 2.36 bits per heavy atom. The van der Waals surface area contributed by atoms with E-state index >= 15 is 0 Å². The minimum Gasteiger partial charge on any atom is -0.423 e. The largest absolute Gasteiger partial charge is 0.491 e. The van der Waals surface area contributed by atoms with Crippen LogP contribution in [0, 0.1) is 0 Å². The van der Waals surface area contributed by atoms with E-state index in [1.807, 2.05) is 0 Å². The average Bonchev–Trinajstić information content (AvgIpc) is 2.02. The van der Waals surface area contributed by atoms with Crippen LogP contribution in [0.2, 0.25) is 5.15 Å². The fraction of sp³-hybridized carbons (Fsp3) is 0.167. The van der Waals surface area contributed by atoms with Crippen LogP contribution in [0.15, 0.2) is 12.3 Å². The highest BCUT2D eigenvalue weighted by Crippen LogP contribution is 2.28. The molecule has 0 unspecified atom stereocenters. The van der Waals surface area contributed by atoms with Crippen molar-refractivity contribution in [1.82, 2.24) is 4.98 Å². The second-order valence-electron chi connectivity index (χ2n) is 2.48. The first kappa shape index (κ1) is 11.3. The van der Waals surface area contributed by atoms with Crippen molar-refractivity contribution < 1.29 is 23.2 Å². The maximum absolute atomic E-state index is 12.1. The van der Waals surface area contributed by atoms with Crippen molar-refractivity contribution in [2.24, 2.45) is 0 Å². The molecule has 0 aromatic carbocycles. The summed E-state index contributed by atoms with van der Waals surface area (Å²) in [6.45, 7) is 0. The number of hydrogen-bond donors (Lipinski definition) is 2. The molecule has 0 saturated heterocycles. The molecule has 0 fully saturated rings. The monoisotopic (exact) mass is 225 g/mol. The van der Waals surface area contributed by atoms with Crippen LogP contribution in [0.4, 0.5) is 13.2 Å². The van der Waals surface area contributed by atoms with Crippen LogP contribution in [0.1, 0.15) is 5.56 Å². The van der Waals surface area contributed by atoms with Gasteiger partial charge in [-0.25, -0.2) is 4.98 Å². The van der Waals surface area contributed by atoms with Crippen LogP contribution in [-0.4, -0.2) is 22.2 Å². The Labute approximate surface area is 82.3 Å². The van der Waals surface area contributed by atoms with Crippen molar-refractivity contribution in [3.8, 4) is 0 Å². The Morgan fingerprint density at radius 1 is 1.36 bits per heavy atom. The molecule has 0 aliphatic heterocycles. The minimum absolute atomic E-state index is 0.368. The maximum Gasteiger partial charge on any atom is 0.491 e. The van der Waals surface area contributed by atoms with Crippen LogP contribution in [0.25, 0.3) is 0 Å². The van der Waals surface area contributed by atoms with Gasteiger partial charge >= 0.3 is 13.3 Å². The van der Waals surface area contributed by atoms with Crippen molar-refractivity contribution in [3.63, 3.8) is 0 Å². The summed E-state index contributed by atoms with van der Waals surface area (Å²) in [7, 11) is -2.07. The molecule has 8 heteroatoms. The van der Waals surface area contributed by atoms with Gasteiger partial charge in [0.1, 0.15) is 5.15 Å². The molecule has 1 heterocycles. The third-order valence-electron chi connectivity index (χ3n) is 1.47. The molecule has 0 aliphatic carbocycles. The fourth-order valence-electron chi connectivity index (χ4n) is 0.801. The first-order chi connectivity index (χ1) is 6.32. The lowest BCUT2D eigenvalue weighted by Crippen LogP contribution is -2.32. The Balaban J connectivity index is 3.20. The number of alkyl halides is 3. The zero-order chi connectivity index (χ0) is 10.9. The zero-order valence-electron chi connectivity index (χ0n) is 6.59. The molecule has 1 rings (SSSR count). The van der Waals surface area contributed by atoms with Crippen LogP contribution in [0.5, 0.6) is 0 Å². The molecule has 3 nitrogen and oxygen atoms in total. The molecular weight excluding hydrogens is 221 g/mol. The summed E-state index contributed by atoms with van der Waals surface area (Å²) in [5.41, 5.74) is -1.55. The summed E-state index contributed by atoms with van der Waals surface area (Å²) in [5, 5.41) is 16.9. The highest BCUT2D eigenvalue weighted by molar-refractivity contribution is 6.62. The molecule has 2 N–H and O–H groups in total. The van der Waals surface area contributed by atoms with Gasteiger partial charge in [-0.05, 0) is 6.07 Å². The van der Waals surface area contributed by atoms with E-state index in [4.69, 9.17) is 21.6 Å². The van der Waals surface area contributed by atoms with Gasteiger partial charge in [0.25, 0.3) is 0 Å². The molecule has 14 heavy (non-hydrogen) atoms. The van der Waals surface area contributed by atoms with E-state index in [1.165, 1.54) is 0 Å². The molecule has 0 radical (unpaired) electrons. The molecule has 1 aromatic heterocycles. The number of nitrogens with zero attached hydrogens (tertiary/aromatic N) is 1. The Kier molecular flexibility index (Phi) is 3.03. The first-order valence-corrected chi connectivity index (χ1v) is 3.79. The molecule has 0 atom stereocenters. The number of aromatic nitrogens is 1. The molecule has 0 saturated carbocycles. The molecule has 76 valence electrons. The van der Waals surface area contributed by atoms with Crippen molar-refractivity contribution in [3.05, 3.63) is 23.0 Å². The lowest BCUT2D eigenvalue weighted by molar-refractivity contribution is -0.137. The lowest BCUT2D eigenvalue weighted by atomic mass is 9.81. The maximum atomic E-state index is 12.1. The second kappa shape index (κ2) is 3.76. The summed E-state index contributed by atoms with van der Waals surface area (Å²) in [4.78, 5) is 3.19. The summed E-state index contributed by atoms with van der Waals surface area (Å²) in [6.07, 6.45) is -4.06. The van der Waals surface area contributed by atoms with Gasteiger partial charge in [-0.15, -0.1) is 0 Å². The zero-order valence-corrected chi connectivity index (χ0v) is 7.34. The van der Waals surface area contributed by atoms with E-state index in [-0.39, 0.29) is 5.15 Å². The fourth-order valence-corrected chi connectivity index (χ4v) is 1.00. The van der Waals surface area contributed by atoms with E-state index in [1.54, 1.807) is 0 Å². The van der Waals surface area contributed by atoms with Crippen molar-refractivity contribution in [2.45, 2.75) is 6.18 Å². The lowest BCUT2D eigenvalue weighted by Gasteiger charge is -2.08. The molecule has 0 aliphatic rings. The van der Waals surface area contributed by atoms with Gasteiger partial charge in [-0.3, -0.25) is 0 Å². The summed E-state index contributed by atoms with van der Waals surface area (Å²) in [5.74, 6) is 0. The average molecular weight is 225 g/mol. The van der Waals surface area contributed by atoms with E-state index in [2.05, 4.69) is 4.98 Å². The number of rotatable bonds is 1. The highest BCUT2D eigenvalue weighted by Gasteiger charge is 2.32. The highest BCUT2D eigenvalue weighted by atomic mass is 35.5. The standard InChI is InChI=1S/C6H4BClF3NO2/c8-5-4(7(13)14)1-3(2-12-5)6(9,10)11/h1-2,13-14H. The summed E-state index contributed by atoms with van der Waals surface area (Å²) < 4.78 is 36.3. The topological polar surface area (TPSA) is 53.4 Å². The molecule has 0 bridgehead atoms. The third kappa shape index (κ3) is 2.37. The quantitative estimate of drug-likeness (QED) is 0.538. The van der Waals surface area contributed by atoms with Crippen molar-refractivity contribution in [2.75, 3.05) is 0 Å². The van der Waals surface area contributed by atoms with E-state index in [9.17, 15) is 13.2 Å². The smallest absolute Gasteiger partial charge is 0.423 e. The van der Waals surface area contributed by atoms with Crippen LogP contribution in [-0.2, 0) is 6.18 Å². The predicted octanol–water partition coefficient (Wildman–Crippen LogP) is 0.434. The van der Waals surface area contributed by atoms with Gasteiger partial charge in [0, 0.05) is 11.7 Å². The Hall–Kier alpha value is -0.785. The van der Waals surface area contributed by atoms with Gasteiger partial charge in [-0.2, -0.15) is 13.2 Å². The molecule has 0 amide bonds. The van der Waals surface area contributed by atoms with Crippen LogP contribution >= 0.6 is 11.6 Å². The van der Waals surface area contributed by atoms with Gasteiger partial charge in [0.15, 0.2) is 0 Å². The number of halogens is 4. The minimum atomic E-state index is -4.58. The van der Waals surface area contributed by atoms with Gasteiger partial charge in [-0.1, -0.05) is 11.6 Å². The first-order valence-electron chi connectivity index (χ1n) is 3.41. The summed E-state index contributed by atoms with van der Waals surface area (Å²) >= 11 is 5.34. The van der Waals surface area contributed by atoms with Gasteiger partial charge in [0.05, 0.1) is 5.56 Å². The number of pyridine rings is 1. The Morgan fingerprint density at radius 2 is 1.93 bits per heavy atom. The second-order valence-corrected chi connectivity index (χ2v) is 2.83. The van der Waals surface area contributed by atoms with E-state index in [0.717, 1.165) is 0 Å². The van der Waals surface area contributed by atoms with Gasteiger partial charge in [0.2, 0.25) is 0 Å². The Bertz CT molecular complexity index is 344. The van der Waals surface area contributed by atoms with Gasteiger partial charge < -0.3 is 10.0 Å². The molecular formula is C6H4BClF3NO2. The van der Waals surface area contributed by atoms with E-state index < -0.39 is 24.3 Å². The van der Waals surface area contributed by atoms with Crippen LogP contribution in [0.3, 0.4) is 0 Å². The molecule has 1 aromatic rings. The SMILES string of the molecule is OB(O)c1cc(C(F)(F)F)cnc1Cl. The van der Waals surface area contributed by atoms with E-state index in [0.29, 0.717) is 12.3 Å². The molecule has 0 spiro atoms. The third-order valence-corrected chi connectivity index (χ3v) is 1.79. The predicted molar refractivity (Wildman–Crippen MR) is 44.1 cm³/mol. The van der Waals surface area contributed by atoms with Crippen molar-refractivity contribution >= 4 is 24.2 Å². The van der Waals surface area contributed by atoms with Crippen LogP contribution < -0.4 is 5.46 Å². The van der Waals surface area contributed by atoms with Crippen molar-refractivity contribution in [1.29, 1.82) is 0 Å². The number of hydrogen-bond acceptors (Lipinski definition) is 3. The normalized spacial score (nSPS) is 11.6.